The van der Waals surface area contributed by atoms with Crippen LogP contribution >= 0.6 is 11.6 Å². The molecule has 17 heavy (non-hydrogen) atoms. The zero-order valence-electron chi connectivity index (χ0n) is 10.1. The standard InChI is InChI=1S/C12H15ClN2O2/c1-14-7-10(15(2)12(14)16)8-4-5-11(17-3)9(13)6-8/h4-6,10H,7H2,1-3H3. The van der Waals surface area contributed by atoms with E-state index < -0.39 is 0 Å². The molecule has 0 N–H and O–H groups in total. The normalized spacial score (nSPS) is 20.0. The second-order valence-electron chi connectivity index (χ2n) is 4.18. The van der Waals surface area contributed by atoms with Gasteiger partial charge in [0.15, 0.2) is 0 Å². The predicted molar refractivity (Wildman–Crippen MR) is 66.5 cm³/mol. The van der Waals surface area contributed by atoms with Gasteiger partial charge in [0.25, 0.3) is 0 Å². The molecule has 1 aromatic carbocycles. The third-order valence-corrected chi connectivity index (χ3v) is 3.40. The van der Waals surface area contributed by atoms with E-state index in [1.165, 1.54) is 0 Å². The Bertz CT molecular complexity index is 450. The second kappa shape index (κ2) is 4.45. The van der Waals surface area contributed by atoms with Crippen LogP contribution in [0.2, 0.25) is 5.02 Å². The molecule has 1 aliphatic rings. The van der Waals surface area contributed by atoms with E-state index in [0.29, 0.717) is 17.3 Å². The Labute approximate surface area is 106 Å². The van der Waals surface area contributed by atoms with Crippen LogP contribution in [0.15, 0.2) is 18.2 Å². The summed E-state index contributed by atoms with van der Waals surface area (Å²) in [5, 5.41) is 0.570. The highest BCUT2D eigenvalue weighted by Gasteiger charge is 2.33. The summed E-state index contributed by atoms with van der Waals surface area (Å²) in [6.07, 6.45) is 0. The zero-order valence-corrected chi connectivity index (χ0v) is 10.9. The lowest BCUT2D eigenvalue weighted by Gasteiger charge is -2.18. The van der Waals surface area contributed by atoms with Gasteiger partial charge in [-0.15, -0.1) is 0 Å². The molecule has 1 heterocycles. The number of rotatable bonds is 2. The number of methoxy groups -OCH3 is 1. The van der Waals surface area contributed by atoms with Crippen molar-refractivity contribution in [3.8, 4) is 5.75 Å². The topological polar surface area (TPSA) is 32.8 Å². The minimum Gasteiger partial charge on any atom is -0.495 e. The fourth-order valence-electron chi connectivity index (χ4n) is 2.08. The summed E-state index contributed by atoms with van der Waals surface area (Å²) in [5.74, 6) is 0.649. The number of urea groups is 1. The van der Waals surface area contributed by atoms with Gasteiger partial charge in [-0.2, -0.15) is 0 Å². The minimum absolute atomic E-state index is 0.0296. The molecule has 1 unspecified atom stereocenters. The van der Waals surface area contributed by atoms with Gasteiger partial charge in [-0.3, -0.25) is 0 Å². The average Bonchev–Trinajstić information content (AvgIpc) is 2.57. The molecule has 0 aliphatic carbocycles. The first-order chi connectivity index (χ1) is 8.04. The highest BCUT2D eigenvalue weighted by molar-refractivity contribution is 6.32. The number of ether oxygens (including phenoxy) is 1. The van der Waals surface area contributed by atoms with Crippen molar-refractivity contribution < 1.29 is 9.53 Å². The van der Waals surface area contributed by atoms with Gasteiger partial charge < -0.3 is 14.5 Å². The number of benzene rings is 1. The Hall–Kier alpha value is -1.42. The molecule has 0 aromatic heterocycles. The number of halogens is 1. The van der Waals surface area contributed by atoms with Crippen LogP contribution in [0.4, 0.5) is 4.79 Å². The molecule has 1 aliphatic heterocycles. The van der Waals surface area contributed by atoms with Gasteiger partial charge in [0, 0.05) is 20.6 Å². The first-order valence-electron chi connectivity index (χ1n) is 5.36. The molecule has 2 rings (SSSR count). The van der Waals surface area contributed by atoms with E-state index in [4.69, 9.17) is 16.3 Å². The highest BCUT2D eigenvalue weighted by atomic mass is 35.5. The minimum atomic E-state index is 0.0296. The molecule has 5 heteroatoms. The molecule has 0 spiro atoms. The number of amides is 2. The second-order valence-corrected chi connectivity index (χ2v) is 4.59. The maximum atomic E-state index is 11.7. The summed E-state index contributed by atoms with van der Waals surface area (Å²) >= 11 is 6.09. The molecular formula is C12H15ClN2O2. The first kappa shape index (κ1) is 12.0. The summed E-state index contributed by atoms with van der Waals surface area (Å²) in [6, 6.07) is 5.71. The van der Waals surface area contributed by atoms with Gasteiger partial charge in [-0.1, -0.05) is 17.7 Å². The van der Waals surface area contributed by atoms with Crippen molar-refractivity contribution in [2.24, 2.45) is 0 Å². The van der Waals surface area contributed by atoms with Crippen molar-refractivity contribution >= 4 is 17.6 Å². The lowest BCUT2D eigenvalue weighted by atomic mass is 10.1. The van der Waals surface area contributed by atoms with Crippen molar-refractivity contribution in [2.75, 3.05) is 27.7 Å². The zero-order chi connectivity index (χ0) is 12.6. The Morgan fingerprint density at radius 1 is 1.41 bits per heavy atom. The fraction of sp³-hybridized carbons (Fsp3) is 0.417. The molecule has 1 aromatic rings. The molecule has 1 atom stereocenters. The first-order valence-corrected chi connectivity index (χ1v) is 5.73. The summed E-state index contributed by atoms with van der Waals surface area (Å²) < 4.78 is 5.11. The molecule has 0 bridgehead atoms. The van der Waals surface area contributed by atoms with Crippen LogP contribution < -0.4 is 4.74 Å². The van der Waals surface area contributed by atoms with Crippen LogP contribution in [0.3, 0.4) is 0 Å². The maximum Gasteiger partial charge on any atom is 0.320 e. The molecule has 2 amide bonds. The average molecular weight is 255 g/mol. The van der Waals surface area contributed by atoms with Crippen molar-refractivity contribution in [3.05, 3.63) is 28.8 Å². The van der Waals surface area contributed by atoms with Crippen molar-refractivity contribution in [1.29, 1.82) is 0 Å². The van der Waals surface area contributed by atoms with Gasteiger partial charge >= 0.3 is 6.03 Å². The lowest BCUT2D eigenvalue weighted by molar-refractivity contribution is 0.201. The smallest absolute Gasteiger partial charge is 0.320 e. The third-order valence-electron chi connectivity index (χ3n) is 3.10. The van der Waals surface area contributed by atoms with Crippen LogP contribution in [0, 0.1) is 0 Å². The number of nitrogens with zero attached hydrogens (tertiary/aromatic N) is 2. The van der Waals surface area contributed by atoms with Crippen LogP contribution in [-0.4, -0.2) is 43.6 Å². The van der Waals surface area contributed by atoms with Gasteiger partial charge in [0.1, 0.15) is 5.75 Å². The molecule has 0 radical (unpaired) electrons. The summed E-state index contributed by atoms with van der Waals surface area (Å²) in [5.41, 5.74) is 1.02. The van der Waals surface area contributed by atoms with Gasteiger partial charge in [-0.25, -0.2) is 4.79 Å². The molecule has 1 saturated heterocycles. The van der Waals surface area contributed by atoms with Crippen LogP contribution in [0.25, 0.3) is 0 Å². The molecular weight excluding hydrogens is 240 g/mol. The monoisotopic (exact) mass is 254 g/mol. The largest absolute Gasteiger partial charge is 0.495 e. The van der Waals surface area contributed by atoms with Crippen LogP contribution in [0.5, 0.6) is 5.75 Å². The van der Waals surface area contributed by atoms with Crippen LogP contribution in [0.1, 0.15) is 11.6 Å². The Morgan fingerprint density at radius 3 is 2.59 bits per heavy atom. The van der Waals surface area contributed by atoms with Crippen molar-refractivity contribution in [1.82, 2.24) is 9.80 Å². The van der Waals surface area contributed by atoms with E-state index in [2.05, 4.69) is 0 Å². The molecule has 4 nitrogen and oxygen atoms in total. The van der Waals surface area contributed by atoms with E-state index in [9.17, 15) is 4.79 Å². The number of hydrogen-bond acceptors (Lipinski definition) is 2. The number of likely N-dealkylation sites (N-methyl/N-ethyl adjacent to an activating group) is 2. The van der Waals surface area contributed by atoms with Gasteiger partial charge in [-0.05, 0) is 17.7 Å². The third kappa shape index (κ3) is 2.05. The Kier molecular flexibility index (Phi) is 3.15. The van der Waals surface area contributed by atoms with Crippen LogP contribution in [-0.2, 0) is 0 Å². The summed E-state index contributed by atoms with van der Waals surface area (Å²) in [4.78, 5) is 15.1. The highest BCUT2D eigenvalue weighted by Crippen LogP contribution is 2.32. The quantitative estimate of drug-likeness (QED) is 0.812. The number of hydrogen-bond donors (Lipinski definition) is 0. The van der Waals surface area contributed by atoms with Crippen molar-refractivity contribution in [2.45, 2.75) is 6.04 Å². The predicted octanol–water partition coefficient (Wildman–Crippen LogP) is 2.39. The van der Waals surface area contributed by atoms with Crippen molar-refractivity contribution in [3.63, 3.8) is 0 Å². The summed E-state index contributed by atoms with van der Waals surface area (Å²) in [6.45, 7) is 0.679. The maximum absolute atomic E-state index is 11.7. The lowest BCUT2D eigenvalue weighted by Crippen LogP contribution is -2.26. The van der Waals surface area contributed by atoms with E-state index in [1.54, 1.807) is 31.0 Å². The number of carbonyl (C=O) groups is 1. The summed E-state index contributed by atoms with van der Waals surface area (Å²) in [7, 11) is 5.18. The van der Waals surface area contributed by atoms with Gasteiger partial charge in [0.05, 0.1) is 18.2 Å². The van der Waals surface area contributed by atoms with Gasteiger partial charge in [0.2, 0.25) is 0 Å². The van der Waals surface area contributed by atoms with E-state index in [0.717, 1.165) is 5.56 Å². The van der Waals surface area contributed by atoms with E-state index in [1.807, 2.05) is 18.2 Å². The fourth-order valence-corrected chi connectivity index (χ4v) is 2.35. The Morgan fingerprint density at radius 2 is 2.12 bits per heavy atom. The van der Waals surface area contributed by atoms with E-state index >= 15 is 0 Å². The molecule has 0 saturated carbocycles. The SMILES string of the molecule is COc1ccc(C2CN(C)C(=O)N2C)cc1Cl. The Balaban J connectivity index is 2.29. The molecule has 92 valence electrons. The molecule has 1 fully saturated rings. The number of carbonyl (C=O) groups excluding carboxylic acids is 1. The van der Waals surface area contributed by atoms with E-state index in [-0.39, 0.29) is 12.1 Å².